The van der Waals surface area contributed by atoms with Crippen molar-refractivity contribution in [2.45, 2.75) is 52.0 Å². The molecule has 1 fully saturated rings. The number of aromatic carboxylic acids is 1. The molecule has 0 radical (unpaired) electrons. The topological polar surface area (TPSA) is 88.3 Å². The number of aryl methyl sites for hydroxylation is 2. The van der Waals surface area contributed by atoms with Gasteiger partial charge in [0.15, 0.2) is 0 Å². The monoisotopic (exact) mass is 376 g/mol. The molecule has 1 amide bonds. The van der Waals surface area contributed by atoms with Crippen molar-refractivity contribution >= 4 is 23.2 Å². The third-order valence-electron chi connectivity index (χ3n) is 4.86. The lowest BCUT2D eigenvalue weighted by Crippen LogP contribution is -2.38. The zero-order valence-corrected chi connectivity index (χ0v) is 16.1. The third kappa shape index (κ3) is 3.95. The molecule has 7 nitrogen and oxygen atoms in total. The first-order valence-corrected chi connectivity index (χ1v) is 9.66. The first kappa shape index (κ1) is 18.6. The number of carboxylic acid groups (broad SMARTS) is 1. The smallest absolute Gasteiger partial charge is 0.347 e. The summed E-state index contributed by atoms with van der Waals surface area (Å²) in [6.07, 6.45) is 3.52. The first-order chi connectivity index (χ1) is 12.3. The molecule has 1 saturated heterocycles. The van der Waals surface area contributed by atoms with Gasteiger partial charge in [0.05, 0.1) is 22.9 Å². The van der Waals surface area contributed by atoms with E-state index < -0.39 is 5.97 Å². The average Bonchev–Trinajstić information content (AvgIpc) is 3.21. The maximum atomic E-state index is 12.6. The molecule has 0 aromatic carbocycles. The molecule has 3 rings (SSSR count). The molecule has 8 heteroatoms. The summed E-state index contributed by atoms with van der Waals surface area (Å²) < 4.78 is 1.92. The van der Waals surface area contributed by atoms with Gasteiger partial charge in [-0.05, 0) is 39.7 Å². The summed E-state index contributed by atoms with van der Waals surface area (Å²) in [6, 6.07) is 2.05. The molecule has 0 saturated carbocycles. The van der Waals surface area contributed by atoms with Crippen LogP contribution in [0.4, 0.5) is 0 Å². The van der Waals surface area contributed by atoms with Gasteiger partial charge < -0.3 is 10.0 Å². The predicted octanol–water partition coefficient (Wildman–Crippen LogP) is 3.01. The Labute approximate surface area is 156 Å². The molecule has 1 atom stereocenters. The maximum Gasteiger partial charge on any atom is 0.347 e. The molecule has 0 spiro atoms. The lowest BCUT2D eigenvalue weighted by Gasteiger charge is -2.32. The van der Waals surface area contributed by atoms with Crippen molar-refractivity contribution in [3.8, 4) is 0 Å². The summed E-state index contributed by atoms with van der Waals surface area (Å²) >= 11 is 1.24. The van der Waals surface area contributed by atoms with Crippen LogP contribution in [0.3, 0.4) is 0 Å². The molecule has 26 heavy (non-hydrogen) atoms. The van der Waals surface area contributed by atoms with Crippen LogP contribution in [0.15, 0.2) is 12.3 Å². The van der Waals surface area contributed by atoms with Gasteiger partial charge >= 0.3 is 5.97 Å². The second-order valence-electron chi connectivity index (χ2n) is 6.95. The van der Waals surface area contributed by atoms with E-state index in [1.807, 2.05) is 36.4 Å². The Morgan fingerprint density at radius 3 is 2.58 bits per heavy atom. The van der Waals surface area contributed by atoms with E-state index in [0.717, 1.165) is 29.2 Å². The molecular weight excluding hydrogens is 352 g/mol. The van der Waals surface area contributed by atoms with Gasteiger partial charge in [-0.2, -0.15) is 5.10 Å². The van der Waals surface area contributed by atoms with Crippen molar-refractivity contribution in [3.63, 3.8) is 0 Å². The molecule has 1 N–H and O–H groups in total. The summed E-state index contributed by atoms with van der Waals surface area (Å²) in [5.74, 6) is -0.543. The number of piperidine rings is 1. The fraction of sp³-hybridized carbons (Fsp3) is 0.556. The summed E-state index contributed by atoms with van der Waals surface area (Å²) in [7, 11) is 0. The van der Waals surface area contributed by atoms with Gasteiger partial charge in [-0.25, -0.2) is 9.78 Å². The van der Waals surface area contributed by atoms with E-state index in [9.17, 15) is 9.59 Å². The fourth-order valence-corrected chi connectivity index (χ4v) is 4.44. The second kappa shape index (κ2) is 7.57. The van der Waals surface area contributed by atoms with E-state index in [2.05, 4.69) is 10.1 Å². The van der Waals surface area contributed by atoms with Crippen LogP contribution in [-0.2, 0) is 4.79 Å². The van der Waals surface area contributed by atoms with E-state index >= 15 is 0 Å². The third-order valence-corrected chi connectivity index (χ3v) is 6.01. The van der Waals surface area contributed by atoms with E-state index in [0.29, 0.717) is 19.5 Å². The second-order valence-corrected chi connectivity index (χ2v) is 8.01. The first-order valence-electron chi connectivity index (χ1n) is 8.84. The van der Waals surface area contributed by atoms with Crippen molar-refractivity contribution < 1.29 is 14.7 Å². The van der Waals surface area contributed by atoms with Crippen LogP contribution < -0.4 is 0 Å². The van der Waals surface area contributed by atoms with Gasteiger partial charge in [0.1, 0.15) is 4.88 Å². The molecule has 2 aromatic heterocycles. The number of hydrogen-bond acceptors (Lipinski definition) is 5. The van der Waals surface area contributed by atoms with Crippen LogP contribution >= 0.6 is 11.3 Å². The van der Waals surface area contributed by atoms with Gasteiger partial charge in [0, 0.05) is 31.1 Å². The minimum atomic E-state index is -0.931. The Bertz CT molecular complexity index is 805. The van der Waals surface area contributed by atoms with E-state index in [-0.39, 0.29) is 22.7 Å². The number of likely N-dealkylation sites (tertiary alicyclic amines) is 1. The van der Waals surface area contributed by atoms with Crippen LogP contribution in [0.25, 0.3) is 0 Å². The summed E-state index contributed by atoms with van der Waals surface area (Å²) in [5.41, 5.74) is 2.03. The van der Waals surface area contributed by atoms with Crippen LogP contribution in [0.5, 0.6) is 0 Å². The molecule has 140 valence electrons. The Hall–Kier alpha value is -2.22. The molecule has 2 aromatic rings. The van der Waals surface area contributed by atoms with E-state index in [1.165, 1.54) is 17.5 Å². The van der Waals surface area contributed by atoms with Crippen LogP contribution in [0.1, 0.15) is 64.2 Å². The molecule has 1 unspecified atom stereocenters. The van der Waals surface area contributed by atoms with Crippen LogP contribution in [0.2, 0.25) is 0 Å². The van der Waals surface area contributed by atoms with Crippen molar-refractivity contribution in [2.75, 3.05) is 13.1 Å². The molecule has 1 aliphatic rings. The van der Waals surface area contributed by atoms with Crippen molar-refractivity contribution in [2.24, 2.45) is 0 Å². The highest BCUT2D eigenvalue weighted by molar-refractivity contribution is 7.13. The van der Waals surface area contributed by atoms with Crippen LogP contribution in [0, 0.1) is 13.8 Å². The lowest BCUT2D eigenvalue weighted by atomic mass is 9.97. The Morgan fingerprint density at radius 1 is 1.35 bits per heavy atom. The quantitative estimate of drug-likeness (QED) is 0.866. The fourth-order valence-electron chi connectivity index (χ4n) is 3.51. The molecule has 0 aliphatic carbocycles. The van der Waals surface area contributed by atoms with Gasteiger partial charge in [-0.1, -0.05) is 0 Å². The van der Waals surface area contributed by atoms with Gasteiger partial charge in [-0.15, -0.1) is 11.3 Å². The van der Waals surface area contributed by atoms with E-state index in [4.69, 9.17) is 5.11 Å². The molecular formula is C18H24N4O3S. The van der Waals surface area contributed by atoms with Gasteiger partial charge in [0.2, 0.25) is 5.91 Å². The number of nitrogens with zero attached hydrogens (tertiary/aromatic N) is 4. The number of hydrogen-bond donors (Lipinski definition) is 1. The zero-order valence-electron chi connectivity index (χ0n) is 15.3. The highest BCUT2D eigenvalue weighted by atomic mass is 32.1. The van der Waals surface area contributed by atoms with Crippen LogP contribution in [-0.4, -0.2) is 49.7 Å². The molecule has 3 heterocycles. The number of carboxylic acids is 1. The number of aromatic nitrogens is 3. The number of amides is 1. The normalized spacial score (nSPS) is 16.7. The number of carbonyl (C=O) groups excluding carboxylic acids is 1. The highest BCUT2D eigenvalue weighted by Gasteiger charge is 2.27. The van der Waals surface area contributed by atoms with Crippen molar-refractivity contribution in [1.29, 1.82) is 0 Å². The van der Waals surface area contributed by atoms with Crippen molar-refractivity contribution in [3.05, 3.63) is 33.5 Å². The summed E-state index contributed by atoms with van der Waals surface area (Å²) in [4.78, 5) is 30.1. The van der Waals surface area contributed by atoms with Crippen molar-refractivity contribution in [1.82, 2.24) is 19.7 Å². The zero-order chi connectivity index (χ0) is 18.8. The molecule has 0 bridgehead atoms. The Balaban J connectivity index is 1.54. The average molecular weight is 376 g/mol. The standard InChI is InChI=1S/C18H24N4O3S/c1-11-8-12(2)22(20-11)13(3)9-16(23)21-6-4-14(5-7-21)17-19-10-15(26-17)18(24)25/h8,10,13-14H,4-7,9H2,1-3H3,(H,24,25). The van der Waals surface area contributed by atoms with Gasteiger partial charge in [0.25, 0.3) is 0 Å². The Kier molecular flexibility index (Phi) is 5.41. The SMILES string of the molecule is Cc1cc(C)n(C(C)CC(=O)N2CCC(c3ncc(C(=O)O)s3)CC2)n1. The predicted molar refractivity (Wildman–Crippen MR) is 98.7 cm³/mol. The summed E-state index contributed by atoms with van der Waals surface area (Å²) in [6.45, 7) is 7.36. The minimum Gasteiger partial charge on any atom is -0.477 e. The Morgan fingerprint density at radius 2 is 2.04 bits per heavy atom. The summed E-state index contributed by atoms with van der Waals surface area (Å²) in [5, 5.41) is 14.4. The lowest BCUT2D eigenvalue weighted by molar-refractivity contribution is -0.133. The number of thiazole rings is 1. The van der Waals surface area contributed by atoms with E-state index in [1.54, 1.807) is 0 Å². The number of rotatable bonds is 5. The minimum absolute atomic E-state index is 0.0333. The molecule has 1 aliphatic heterocycles. The highest BCUT2D eigenvalue weighted by Crippen LogP contribution is 2.31. The largest absolute Gasteiger partial charge is 0.477 e. The number of carbonyl (C=O) groups is 2. The van der Waals surface area contributed by atoms with Gasteiger partial charge in [-0.3, -0.25) is 9.48 Å². The maximum absolute atomic E-state index is 12.6.